The summed E-state index contributed by atoms with van der Waals surface area (Å²) in [6, 6.07) is 95.4. The molecule has 0 unspecified atom stereocenters. The molecule has 0 N–H and O–H groups in total. The van der Waals surface area contributed by atoms with Gasteiger partial charge < -0.3 is 14.2 Å². The van der Waals surface area contributed by atoms with Gasteiger partial charge in [-0.05, 0) is 151 Å². The van der Waals surface area contributed by atoms with Crippen LogP contribution in [0.2, 0.25) is 0 Å². The molecule has 0 saturated carbocycles. The molecular weight excluding hydrogens is 848 g/mol. The van der Waals surface area contributed by atoms with Crippen molar-refractivity contribution < 1.29 is 4.42 Å². The van der Waals surface area contributed by atoms with Crippen LogP contribution in [0, 0.1) is 0 Å². The van der Waals surface area contributed by atoms with E-state index in [-0.39, 0.29) is 6.71 Å². The van der Waals surface area contributed by atoms with Gasteiger partial charge in [0, 0.05) is 44.9 Å². The summed E-state index contributed by atoms with van der Waals surface area (Å²) in [6.07, 6.45) is 0. The first kappa shape index (κ1) is 40.0. The molecule has 326 valence electrons. The second-order valence-corrected chi connectivity index (χ2v) is 18.5. The number of hydrogen-bond acceptors (Lipinski definition) is 3. The molecule has 0 amide bonds. The molecule has 70 heavy (non-hydrogen) atoms. The molecule has 4 heteroatoms. The van der Waals surface area contributed by atoms with Gasteiger partial charge >= 0.3 is 0 Å². The van der Waals surface area contributed by atoms with Crippen LogP contribution >= 0.6 is 0 Å². The van der Waals surface area contributed by atoms with Crippen molar-refractivity contribution in [3.63, 3.8) is 0 Å². The number of anilines is 6. The van der Waals surface area contributed by atoms with E-state index in [1.54, 1.807) is 0 Å². The van der Waals surface area contributed by atoms with E-state index in [0.29, 0.717) is 0 Å². The molecule has 0 fully saturated rings. The van der Waals surface area contributed by atoms with Gasteiger partial charge in [-0.2, -0.15) is 0 Å². The Balaban J connectivity index is 1.09. The van der Waals surface area contributed by atoms with Crippen LogP contribution in [0.3, 0.4) is 0 Å². The van der Waals surface area contributed by atoms with Crippen molar-refractivity contribution in [1.82, 2.24) is 0 Å². The third-order valence-corrected chi connectivity index (χ3v) is 14.4. The van der Waals surface area contributed by atoms with E-state index in [4.69, 9.17) is 4.42 Å². The third kappa shape index (κ3) is 6.60. The molecule has 11 aromatic carbocycles. The van der Waals surface area contributed by atoms with Gasteiger partial charge in [-0.3, -0.25) is 0 Å². The quantitative estimate of drug-likeness (QED) is 0.149. The predicted molar refractivity (Wildman–Crippen MR) is 295 cm³/mol. The molecule has 3 nitrogen and oxygen atoms in total. The topological polar surface area (TPSA) is 19.6 Å². The molecule has 2 aliphatic heterocycles. The smallest absolute Gasteiger partial charge is 0.252 e. The van der Waals surface area contributed by atoms with Crippen molar-refractivity contribution in [2.24, 2.45) is 0 Å². The summed E-state index contributed by atoms with van der Waals surface area (Å²) in [5.41, 5.74) is 24.0. The third-order valence-electron chi connectivity index (χ3n) is 14.4. The van der Waals surface area contributed by atoms with Crippen LogP contribution in [0.15, 0.2) is 265 Å². The fraction of sp³-hybridized carbons (Fsp3) is 0. The Hall–Kier alpha value is -9.12. The maximum atomic E-state index is 6.40. The van der Waals surface area contributed by atoms with Gasteiger partial charge in [-0.15, -0.1) is 0 Å². The Labute approximate surface area is 407 Å². The molecular formula is C66H43BN2O. The number of benzene rings is 11. The van der Waals surface area contributed by atoms with Crippen LogP contribution in [0.5, 0.6) is 0 Å². The van der Waals surface area contributed by atoms with Crippen LogP contribution in [0.4, 0.5) is 34.1 Å². The predicted octanol–water partition coefficient (Wildman–Crippen LogP) is 16.0. The van der Waals surface area contributed by atoms with Gasteiger partial charge in [0.1, 0.15) is 11.2 Å². The van der Waals surface area contributed by atoms with Crippen LogP contribution in [-0.2, 0) is 0 Å². The minimum atomic E-state index is -0.0314. The molecule has 14 rings (SSSR count). The van der Waals surface area contributed by atoms with E-state index in [1.807, 2.05) is 6.07 Å². The zero-order valence-corrected chi connectivity index (χ0v) is 38.2. The Kier molecular flexibility index (Phi) is 9.31. The standard InChI is InChI=1S/C66H43BN2O/c1-5-19-44(20-6-1)49-35-50(45-21-7-2-8-22-45)38-54(37-49)68-60-30-16-14-28-58(60)67-59-29-15-17-31-61(59)69(55-39-51(46-23-9-3-10-24-46)36-52(40-55)47-25-11-4-12-26-47)63-43-53(42-62(68)66(63)67)48-33-34-65-57(41-48)56-27-13-18-32-64(56)70-65/h1-43H. The number of furan rings is 1. The van der Waals surface area contributed by atoms with Crippen LogP contribution < -0.4 is 26.2 Å². The first-order chi connectivity index (χ1) is 34.7. The lowest BCUT2D eigenvalue weighted by molar-refractivity contribution is 0.669. The minimum absolute atomic E-state index is 0.0314. The molecule has 0 saturated heterocycles. The first-order valence-corrected chi connectivity index (χ1v) is 24.1. The van der Waals surface area contributed by atoms with E-state index in [0.717, 1.165) is 78.1 Å². The van der Waals surface area contributed by atoms with Gasteiger partial charge in [-0.25, -0.2) is 0 Å². The van der Waals surface area contributed by atoms with Gasteiger partial charge in [0.25, 0.3) is 6.71 Å². The highest BCUT2D eigenvalue weighted by Gasteiger charge is 2.43. The molecule has 2 aliphatic rings. The van der Waals surface area contributed by atoms with Gasteiger partial charge in [0.05, 0.1) is 0 Å². The van der Waals surface area contributed by atoms with Crippen molar-refractivity contribution >= 4 is 79.2 Å². The normalized spacial score (nSPS) is 12.5. The largest absolute Gasteiger partial charge is 0.456 e. The summed E-state index contributed by atoms with van der Waals surface area (Å²) in [7, 11) is 0. The summed E-state index contributed by atoms with van der Waals surface area (Å²) in [6.45, 7) is -0.0314. The number of para-hydroxylation sites is 3. The average molecular weight is 891 g/mol. The molecule has 3 heterocycles. The second-order valence-electron chi connectivity index (χ2n) is 18.5. The molecule has 1 aromatic heterocycles. The summed E-state index contributed by atoms with van der Waals surface area (Å²) in [5.74, 6) is 0. The minimum Gasteiger partial charge on any atom is -0.456 e. The van der Waals surface area contributed by atoms with E-state index >= 15 is 0 Å². The van der Waals surface area contributed by atoms with Gasteiger partial charge in [-0.1, -0.05) is 182 Å². The summed E-state index contributed by atoms with van der Waals surface area (Å²) in [5, 5.41) is 2.22. The highest BCUT2D eigenvalue weighted by molar-refractivity contribution is 7.00. The average Bonchev–Trinajstić information content (AvgIpc) is 3.82. The number of rotatable bonds is 7. The fourth-order valence-corrected chi connectivity index (χ4v) is 11.2. The Bertz CT molecular complexity index is 3650. The molecule has 0 bridgehead atoms. The van der Waals surface area contributed by atoms with Crippen molar-refractivity contribution in [2.45, 2.75) is 0 Å². The van der Waals surface area contributed by atoms with Crippen molar-refractivity contribution in [3.05, 3.63) is 261 Å². The molecule has 0 spiro atoms. The maximum Gasteiger partial charge on any atom is 0.252 e. The van der Waals surface area contributed by atoms with Crippen molar-refractivity contribution in [1.29, 1.82) is 0 Å². The van der Waals surface area contributed by atoms with Crippen LogP contribution in [0.25, 0.3) is 77.6 Å². The first-order valence-electron chi connectivity index (χ1n) is 24.1. The van der Waals surface area contributed by atoms with Crippen molar-refractivity contribution in [2.75, 3.05) is 9.80 Å². The maximum absolute atomic E-state index is 6.40. The van der Waals surface area contributed by atoms with E-state index in [9.17, 15) is 0 Å². The number of fused-ring (bicyclic) bond motifs is 7. The number of nitrogens with zero attached hydrogens (tertiary/aromatic N) is 2. The molecule has 0 atom stereocenters. The number of hydrogen-bond donors (Lipinski definition) is 0. The van der Waals surface area contributed by atoms with Crippen LogP contribution in [0.1, 0.15) is 0 Å². The second kappa shape index (κ2) is 16.3. The lowest BCUT2D eigenvalue weighted by Gasteiger charge is -2.44. The van der Waals surface area contributed by atoms with Gasteiger partial charge in [0.15, 0.2) is 0 Å². The van der Waals surface area contributed by atoms with E-state index < -0.39 is 0 Å². The van der Waals surface area contributed by atoms with Crippen molar-refractivity contribution in [3.8, 4) is 55.6 Å². The SMILES string of the molecule is c1ccc(-c2cc(-c3ccccc3)cc(N3c4ccccc4B4c5ccccc5N(c5cc(-c6ccccc6)cc(-c6ccccc6)c5)c5cc(-c6ccc7oc8ccccc8c7c6)cc3c54)c2)cc1. The highest BCUT2D eigenvalue weighted by Crippen LogP contribution is 2.49. The van der Waals surface area contributed by atoms with Crippen LogP contribution in [-0.4, -0.2) is 6.71 Å². The Morgan fingerprint density at radius 2 is 0.643 bits per heavy atom. The van der Waals surface area contributed by atoms with E-state index in [1.165, 1.54) is 50.0 Å². The Morgan fingerprint density at radius 1 is 0.257 bits per heavy atom. The fourth-order valence-electron chi connectivity index (χ4n) is 11.2. The summed E-state index contributed by atoms with van der Waals surface area (Å²) >= 11 is 0. The lowest BCUT2D eigenvalue weighted by Crippen LogP contribution is -2.61. The van der Waals surface area contributed by atoms with E-state index in [2.05, 4.69) is 265 Å². The monoisotopic (exact) mass is 890 g/mol. The lowest BCUT2D eigenvalue weighted by atomic mass is 9.33. The molecule has 0 radical (unpaired) electrons. The molecule has 12 aromatic rings. The van der Waals surface area contributed by atoms with Gasteiger partial charge in [0.2, 0.25) is 0 Å². The zero-order chi connectivity index (χ0) is 46.1. The molecule has 0 aliphatic carbocycles. The summed E-state index contributed by atoms with van der Waals surface area (Å²) < 4.78 is 6.40. The Morgan fingerprint density at radius 3 is 1.11 bits per heavy atom. The highest BCUT2D eigenvalue weighted by atomic mass is 16.3. The zero-order valence-electron chi connectivity index (χ0n) is 38.2. The summed E-state index contributed by atoms with van der Waals surface area (Å²) in [4.78, 5) is 5.08.